The van der Waals surface area contributed by atoms with Crippen LogP contribution in [0.15, 0.2) is 130 Å². The number of rotatable bonds is 18. The summed E-state index contributed by atoms with van der Waals surface area (Å²) in [6, 6.07) is 39.8. The van der Waals surface area contributed by atoms with E-state index in [9.17, 15) is 39.0 Å². The first kappa shape index (κ1) is 66.1. The number of carbonyl (C=O) groups is 6. The first-order valence-corrected chi connectivity index (χ1v) is 33.5. The number of hydrogen-bond donors (Lipinski definition) is 1. The first-order valence-electron chi connectivity index (χ1n) is 33.5. The van der Waals surface area contributed by atoms with Gasteiger partial charge in [0, 0.05) is 178 Å². The Morgan fingerprint density at radius 2 is 0.872 bits per heavy atom. The molecular formula is C76H85N4O14+. The molecule has 18 nitrogen and oxygen atoms in total. The Hall–Kier alpha value is -9.32. The lowest BCUT2D eigenvalue weighted by molar-refractivity contribution is -0.255. The van der Waals surface area contributed by atoms with Crippen LogP contribution in [0, 0.1) is 0 Å². The molecule has 4 aromatic rings. The molecule has 6 aliphatic heterocycles. The number of carboxylic acid groups (broad SMARTS) is 2. The molecule has 0 aromatic heterocycles. The second kappa shape index (κ2) is 30.6. The maximum absolute atomic E-state index is 12.4. The molecule has 4 fully saturated rings. The number of nitrogens with zero attached hydrogens (tertiary/aromatic N) is 4. The summed E-state index contributed by atoms with van der Waals surface area (Å²) in [4.78, 5) is 75.1. The smallest absolute Gasteiger partial charge is 0.336 e. The second-order valence-electron chi connectivity index (χ2n) is 25.2. The fourth-order valence-corrected chi connectivity index (χ4v) is 14.7. The maximum Gasteiger partial charge on any atom is 0.336 e. The fourth-order valence-electron chi connectivity index (χ4n) is 14.7. The number of aromatic carboxylic acids is 2. The topological polar surface area (TPSA) is 221 Å². The van der Waals surface area contributed by atoms with Crippen molar-refractivity contribution in [2.45, 2.75) is 155 Å². The van der Waals surface area contributed by atoms with E-state index < -0.39 is 11.9 Å². The molecule has 4 atom stereocenters. The zero-order chi connectivity index (χ0) is 65.8. The van der Waals surface area contributed by atoms with Gasteiger partial charge in [-0.1, -0.05) is 42.5 Å². The van der Waals surface area contributed by atoms with Crippen molar-refractivity contribution < 1.29 is 66.8 Å². The van der Waals surface area contributed by atoms with E-state index in [0.29, 0.717) is 60.2 Å². The third-order valence-corrected chi connectivity index (χ3v) is 19.1. The molecule has 8 aliphatic rings. The highest BCUT2D eigenvalue weighted by molar-refractivity contribution is 6.09. The monoisotopic (exact) mass is 1280 g/mol. The quantitative estimate of drug-likeness (QED) is 0.0365. The van der Waals surface area contributed by atoms with E-state index in [0.717, 1.165) is 184 Å². The third-order valence-electron chi connectivity index (χ3n) is 19.1. The van der Waals surface area contributed by atoms with Gasteiger partial charge in [-0.25, -0.2) is 13.9 Å². The predicted octanol–water partition coefficient (Wildman–Crippen LogP) is 11.7. The molecule has 94 heavy (non-hydrogen) atoms. The Balaban J connectivity index is 0.000000192. The van der Waals surface area contributed by atoms with Crippen molar-refractivity contribution in [2.75, 3.05) is 62.4 Å². The molecule has 18 heteroatoms. The highest BCUT2D eigenvalue weighted by Gasteiger charge is 2.32. The van der Waals surface area contributed by atoms with Gasteiger partial charge in [0.05, 0.1) is 50.1 Å². The van der Waals surface area contributed by atoms with E-state index in [1.165, 1.54) is 27.7 Å². The Morgan fingerprint density at radius 1 is 0.468 bits per heavy atom. The van der Waals surface area contributed by atoms with Crippen LogP contribution in [0.2, 0.25) is 0 Å². The summed E-state index contributed by atoms with van der Waals surface area (Å²) in [6.45, 7) is 10.8. The highest BCUT2D eigenvalue weighted by Crippen LogP contribution is 2.45. The van der Waals surface area contributed by atoms with Crippen molar-refractivity contribution in [3.63, 3.8) is 0 Å². The lowest BCUT2D eigenvalue weighted by atomic mass is 9.90. The van der Waals surface area contributed by atoms with Crippen molar-refractivity contribution in [2.24, 2.45) is 0 Å². The molecule has 4 aromatic carbocycles. The van der Waals surface area contributed by atoms with Gasteiger partial charge in [-0.05, 0) is 105 Å². The van der Waals surface area contributed by atoms with Crippen molar-refractivity contribution in [1.82, 2.24) is 9.15 Å². The standard InChI is InChI=1S/2C38H42N2O7/c2*1-25(41)45-21-17-27-9-5-7-19-39(27)29-13-15-33-35(23-29)47-36-24-30(40-20-8-6-10-28(40)18-22-46-26(2)42)14-16-34(36)37(33)31-11-3-4-12-32(31)38(43)44/h2*3-4,11-16,23-24,27-28H,5-10,17-22H2,1-2H3/p+1. The van der Waals surface area contributed by atoms with Crippen LogP contribution < -0.4 is 34.8 Å². The van der Waals surface area contributed by atoms with Gasteiger partial charge in [-0.15, -0.1) is 0 Å². The normalized spacial score (nSPS) is 19.5. The minimum Gasteiger partial charge on any atom is -0.545 e. The number of ether oxygens (including phenoxy) is 4. The van der Waals surface area contributed by atoms with Crippen LogP contribution in [0.5, 0.6) is 0 Å². The van der Waals surface area contributed by atoms with Crippen molar-refractivity contribution >= 4 is 69.1 Å². The molecule has 0 amide bonds. The molecule has 4 saturated heterocycles. The molecule has 4 unspecified atom stereocenters. The van der Waals surface area contributed by atoms with Crippen molar-refractivity contribution in [3.8, 4) is 44.9 Å². The summed E-state index contributed by atoms with van der Waals surface area (Å²) in [5.74, 6) is -1.95. The molecule has 2 aliphatic carbocycles. The lowest BCUT2D eigenvalue weighted by Crippen LogP contribution is -2.43. The van der Waals surface area contributed by atoms with Gasteiger partial charge in [-0.3, -0.25) is 19.2 Å². The number of carbonyl (C=O) groups excluding carboxylic acids is 5. The second-order valence-corrected chi connectivity index (χ2v) is 25.2. The highest BCUT2D eigenvalue weighted by atomic mass is 16.5. The summed E-state index contributed by atoms with van der Waals surface area (Å²) in [5.41, 5.74) is 8.22. The van der Waals surface area contributed by atoms with Crippen LogP contribution in [-0.2, 0) is 38.1 Å². The van der Waals surface area contributed by atoms with Crippen molar-refractivity contribution in [3.05, 3.63) is 143 Å². The van der Waals surface area contributed by atoms with Crippen LogP contribution in [0.4, 0.5) is 11.4 Å². The fraction of sp³-hybridized carbons (Fsp3) is 0.421. The Morgan fingerprint density at radius 3 is 1.30 bits per heavy atom. The van der Waals surface area contributed by atoms with Gasteiger partial charge in [0.2, 0.25) is 10.7 Å². The number of piperidine rings is 4. The molecule has 12 rings (SSSR count). The maximum atomic E-state index is 12.4. The number of benzene rings is 6. The molecule has 0 saturated carbocycles. The van der Waals surface area contributed by atoms with E-state index in [1.54, 1.807) is 24.3 Å². The number of esters is 4. The molecule has 492 valence electrons. The summed E-state index contributed by atoms with van der Waals surface area (Å²) >= 11 is 0. The van der Waals surface area contributed by atoms with E-state index in [2.05, 4.69) is 67.5 Å². The summed E-state index contributed by atoms with van der Waals surface area (Å²) in [6.07, 6.45) is 15.8. The molecular weight excluding hydrogens is 1190 g/mol. The van der Waals surface area contributed by atoms with Crippen LogP contribution in [0.1, 0.15) is 151 Å². The van der Waals surface area contributed by atoms with Crippen LogP contribution in [0.25, 0.3) is 66.8 Å². The third kappa shape index (κ3) is 15.5. The largest absolute Gasteiger partial charge is 0.545 e. The number of anilines is 2. The SMILES string of the molecule is CC(=O)OCCC1CCCCN1c1ccc2c(-c3ccccc3C(=O)O)c3ccc(=[N+]4CCCCC4CCOC(C)=O)cc-3oc2c1.CC(=O)OCCC1CCCCN1c1ccc2c(-c3ccccc3C(=O)[O-])c3ccc(=[N+]4CCCCC4CCOC(C)=O)cc-3oc2c1. The summed E-state index contributed by atoms with van der Waals surface area (Å²) < 4.78 is 39.3. The number of fused-ring (bicyclic) bond motifs is 4. The number of hydrogen-bond acceptors (Lipinski definition) is 15. The summed E-state index contributed by atoms with van der Waals surface area (Å²) in [7, 11) is 0. The first-order chi connectivity index (χ1) is 45.6. The van der Waals surface area contributed by atoms with Gasteiger partial charge in [0.25, 0.3) is 0 Å². The van der Waals surface area contributed by atoms with Crippen molar-refractivity contribution in [1.29, 1.82) is 0 Å². The van der Waals surface area contributed by atoms with Crippen LogP contribution in [0.3, 0.4) is 0 Å². The van der Waals surface area contributed by atoms with E-state index in [-0.39, 0.29) is 59.2 Å². The zero-order valence-electron chi connectivity index (χ0n) is 54.4. The molecule has 0 bridgehead atoms. The van der Waals surface area contributed by atoms with Gasteiger partial charge < -0.3 is 52.6 Å². The predicted molar refractivity (Wildman–Crippen MR) is 358 cm³/mol. The van der Waals surface area contributed by atoms with E-state index >= 15 is 0 Å². The molecule has 0 spiro atoms. The Kier molecular flexibility index (Phi) is 21.5. The van der Waals surface area contributed by atoms with Gasteiger partial charge >= 0.3 is 29.8 Å². The lowest BCUT2D eigenvalue weighted by Gasteiger charge is -2.37. The van der Waals surface area contributed by atoms with Gasteiger partial charge in [0.1, 0.15) is 35.8 Å². The minimum atomic E-state index is -1.23. The molecule has 1 N–H and O–H groups in total. The Bertz CT molecular complexity index is 3920. The molecule has 6 heterocycles. The van der Waals surface area contributed by atoms with Crippen LogP contribution >= 0.6 is 0 Å². The zero-order valence-corrected chi connectivity index (χ0v) is 54.4. The average molecular weight is 1280 g/mol. The van der Waals surface area contributed by atoms with Gasteiger partial charge in [0.15, 0.2) is 12.1 Å². The van der Waals surface area contributed by atoms with E-state index in [1.807, 2.05) is 48.5 Å². The van der Waals surface area contributed by atoms with E-state index in [4.69, 9.17) is 27.8 Å². The summed E-state index contributed by atoms with van der Waals surface area (Å²) in [5, 5.41) is 26.2. The van der Waals surface area contributed by atoms with Gasteiger partial charge in [-0.2, -0.15) is 0 Å². The van der Waals surface area contributed by atoms with Crippen LogP contribution in [-0.4, -0.2) is 118 Å². The Labute approximate surface area is 547 Å². The minimum absolute atomic E-state index is 0.123. The average Bonchev–Trinajstić information content (AvgIpc) is 0.756. The number of carboxylic acids is 2. The molecule has 0 radical (unpaired) electrons.